The molecule has 0 fully saturated rings. The molecular weight excluding hydrogens is 352 g/mol. The molecule has 0 saturated heterocycles. The molecule has 2 aromatic rings. The lowest BCUT2D eigenvalue weighted by atomic mass is 10.2. The van der Waals surface area contributed by atoms with E-state index in [1.807, 2.05) is 0 Å². The third kappa shape index (κ3) is 4.62. The summed E-state index contributed by atoms with van der Waals surface area (Å²) in [4.78, 5) is 12.3. The molecule has 0 bridgehead atoms. The van der Waals surface area contributed by atoms with Crippen LogP contribution in [0.5, 0.6) is 5.75 Å². The summed E-state index contributed by atoms with van der Waals surface area (Å²) >= 11 is 5.87. The minimum absolute atomic E-state index is 0.0121. The van der Waals surface area contributed by atoms with Gasteiger partial charge < -0.3 is 10.1 Å². The van der Waals surface area contributed by atoms with Gasteiger partial charge in [-0.1, -0.05) is 11.6 Å². The Balaban J connectivity index is 2.13. The van der Waals surface area contributed by atoms with Gasteiger partial charge in [0.1, 0.15) is 5.75 Å². The zero-order valence-electron chi connectivity index (χ0n) is 13.2. The summed E-state index contributed by atoms with van der Waals surface area (Å²) in [6.45, 7) is 1.55. The smallest absolute Gasteiger partial charge is 0.259 e. The summed E-state index contributed by atoms with van der Waals surface area (Å²) < 4.78 is 30.6. The molecule has 0 aromatic heterocycles. The molecule has 2 aromatic carbocycles. The molecule has 8 heteroatoms. The van der Waals surface area contributed by atoms with Crippen molar-refractivity contribution in [1.29, 1.82) is 0 Å². The number of ether oxygens (including phenoxy) is 1. The second-order valence-corrected chi connectivity index (χ2v) is 7.33. The van der Waals surface area contributed by atoms with Crippen molar-refractivity contribution >= 4 is 38.9 Å². The maximum absolute atomic E-state index is 12.3. The first-order valence-corrected chi connectivity index (χ1v) is 9.13. The minimum Gasteiger partial charge on any atom is -0.496 e. The van der Waals surface area contributed by atoms with E-state index in [4.69, 9.17) is 16.3 Å². The molecular formula is C16H17ClN2O4S. The van der Waals surface area contributed by atoms with Gasteiger partial charge in [-0.3, -0.25) is 9.52 Å². The normalized spacial score (nSPS) is 11.0. The largest absolute Gasteiger partial charge is 0.496 e. The Kier molecular flexibility index (Phi) is 5.69. The van der Waals surface area contributed by atoms with E-state index in [2.05, 4.69) is 10.0 Å². The first-order valence-electron chi connectivity index (χ1n) is 7.10. The fourth-order valence-corrected chi connectivity index (χ4v) is 2.73. The molecule has 0 spiro atoms. The lowest BCUT2D eigenvalue weighted by Crippen LogP contribution is -2.15. The molecule has 6 nitrogen and oxygen atoms in total. The Labute approximate surface area is 145 Å². The topological polar surface area (TPSA) is 84.5 Å². The van der Waals surface area contributed by atoms with Crippen molar-refractivity contribution in [2.45, 2.75) is 6.92 Å². The van der Waals surface area contributed by atoms with E-state index in [0.29, 0.717) is 27.7 Å². The van der Waals surface area contributed by atoms with E-state index in [1.165, 1.54) is 7.11 Å². The van der Waals surface area contributed by atoms with Gasteiger partial charge in [0.05, 0.1) is 18.4 Å². The molecule has 24 heavy (non-hydrogen) atoms. The van der Waals surface area contributed by atoms with Crippen LogP contribution in [0.4, 0.5) is 11.4 Å². The highest BCUT2D eigenvalue weighted by atomic mass is 35.5. The van der Waals surface area contributed by atoms with Crippen molar-refractivity contribution in [1.82, 2.24) is 0 Å². The first kappa shape index (κ1) is 18.1. The fourth-order valence-electron chi connectivity index (χ4n) is 1.92. The number of amides is 1. The minimum atomic E-state index is -3.33. The van der Waals surface area contributed by atoms with Crippen LogP contribution in [0.15, 0.2) is 42.5 Å². The average molecular weight is 369 g/mol. The molecule has 0 saturated carbocycles. The van der Waals surface area contributed by atoms with Crippen molar-refractivity contribution in [3.05, 3.63) is 53.1 Å². The van der Waals surface area contributed by atoms with Crippen LogP contribution >= 0.6 is 11.6 Å². The van der Waals surface area contributed by atoms with Gasteiger partial charge in [-0.2, -0.15) is 0 Å². The molecule has 0 aliphatic carbocycles. The Bertz CT molecular complexity index is 836. The molecule has 2 N–H and O–H groups in total. The van der Waals surface area contributed by atoms with Crippen LogP contribution in [0.3, 0.4) is 0 Å². The summed E-state index contributed by atoms with van der Waals surface area (Å²) in [5.41, 5.74) is 1.30. The van der Waals surface area contributed by atoms with Crippen molar-refractivity contribution in [3.8, 4) is 5.75 Å². The van der Waals surface area contributed by atoms with Crippen molar-refractivity contribution < 1.29 is 17.9 Å². The molecule has 0 aliphatic heterocycles. The average Bonchev–Trinajstić information content (AvgIpc) is 2.56. The Hall–Kier alpha value is -2.25. The van der Waals surface area contributed by atoms with Crippen molar-refractivity contribution in [2.75, 3.05) is 22.9 Å². The van der Waals surface area contributed by atoms with E-state index < -0.39 is 10.0 Å². The Morgan fingerprint density at radius 1 is 1.12 bits per heavy atom. The summed E-state index contributed by atoms with van der Waals surface area (Å²) in [6.07, 6.45) is 0. The van der Waals surface area contributed by atoms with Crippen LogP contribution < -0.4 is 14.8 Å². The van der Waals surface area contributed by atoms with Gasteiger partial charge in [0, 0.05) is 16.4 Å². The van der Waals surface area contributed by atoms with Crippen molar-refractivity contribution in [3.63, 3.8) is 0 Å². The highest BCUT2D eigenvalue weighted by molar-refractivity contribution is 7.92. The number of hydrogen-bond acceptors (Lipinski definition) is 4. The van der Waals surface area contributed by atoms with Gasteiger partial charge in [-0.15, -0.1) is 0 Å². The summed E-state index contributed by atoms with van der Waals surface area (Å²) in [5.74, 6) is -0.000266. The van der Waals surface area contributed by atoms with Crippen LogP contribution in [0.1, 0.15) is 17.3 Å². The fraction of sp³-hybridized carbons (Fsp3) is 0.188. The number of carbonyl (C=O) groups is 1. The highest BCUT2D eigenvalue weighted by Gasteiger charge is 2.13. The molecule has 1 amide bonds. The quantitative estimate of drug-likeness (QED) is 0.818. The predicted molar refractivity (Wildman–Crippen MR) is 95.5 cm³/mol. The number of rotatable bonds is 6. The lowest BCUT2D eigenvalue weighted by Gasteiger charge is -2.11. The van der Waals surface area contributed by atoms with Crippen LogP contribution in [-0.4, -0.2) is 27.2 Å². The summed E-state index contributed by atoms with van der Waals surface area (Å²) in [6, 6.07) is 11.1. The van der Waals surface area contributed by atoms with Crippen LogP contribution in [0.2, 0.25) is 5.02 Å². The summed E-state index contributed by atoms with van der Waals surface area (Å²) in [5, 5.41) is 3.19. The van der Waals surface area contributed by atoms with Crippen molar-refractivity contribution in [2.24, 2.45) is 0 Å². The number of halogens is 1. The molecule has 2 rings (SSSR count). The SMILES string of the molecule is CCS(=O)(=O)Nc1ccc(NC(=O)c2ccc(Cl)cc2OC)cc1. The zero-order chi connectivity index (χ0) is 17.7. The monoisotopic (exact) mass is 368 g/mol. The standard InChI is InChI=1S/C16H17ClN2O4S/c1-3-24(21,22)19-13-7-5-12(6-8-13)18-16(20)14-9-4-11(17)10-15(14)23-2/h4-10,19H,3H2,1-2H3,(H,18,20). The number of sulfonamides is 1. The number of hydrogen-bond donors (Lipinski definition) is 2. The second kappa shape index (κ2) is 7.55. The van der Waals surface area contributed by atoms with Gasteiger partial charge in [-0.25, -0.2) is 8.42 Å². The van der Waals surface area contributed by atoms with Gasteiger partial charge in [-0.05, 0) is 49.4 Å². The van der Waals surface area contributed by atoms with Gasteiger partial charge in [0.25, 0.3) is 5.91 Å². The molecule has 0 unspecified atom stereocenters. The van der Waals surface area contributed by atoms with E-state index in [9.17, 15) is 13.2 Å². The molecule has 0 heterocycles. The number of carbonyl (C=O) groups excluding carboxylic acids is 1. The second-order valence-electron chi connectivity index (χ2n) is 4.88. The van der Waals surface area contributed by atoms with Gasteiger partial charge >= 0.3 is 0 Å². The van der Waals surface area contributed by atoms with E-state index in [1.54, 1.807) is 49.4 Å². The first-order chi connectivity index (χ1) is 11.3. The van der Waals surface area contributed by atoms with Gasteiger partial charge in [0.15, 0.2) is 0 Å². The van der Waals surface area contributed by atoms with Crippen LogP contribution in [-0.2, 0) is 10.0 Å². The number of methoxy groups -OCH3 is 1. The Morgan fingerprint density at radius 2 is 1.75 bits per heavy atom. The zero-order valence-corrected chi connectivity index (χ0v) is 14.7. The number of benzene rings is 2. The molecule has 0 radical (unpaired) electrons. The molecule has 0 atom stereocenters. The van der Waals surface area contributed by atoms with E-state index >= 15 is 0 Å². The van der Waals surface area contributed by atoms with E-state index in [-0.39, 0.29) is 11.7 Å². The van der Waals surface area contributed by atoms with Gasteiger partial charge in [0.2, 0.25) is 10.0 Å². The maximum Gasteiger partial charge on any atom is 0.259 e. The third-order valence-electron chi connectivity index (χ3n) is 3.20. The number of anilines is 2. The third-order valence-corrected chi connectivity index (χ3v) is 4.75. The highest BCUT2D eigenvalue weighted by Crippen LogP contribution is 2.24. The maximum atomic E-state index is 12.3. The summed E-state index contributed by atoms with van der Waals surface area (Å²) in [7, 11) is -1.88. The molecule has 0 aliphatic rings. The van der Waals surface area contributed by atoms with E-state index in [0.717, 1.165) is 0 Å². The van der Waals surface area contributed by atoms with Crippen LogP contribution in [0.25, 0.3) is 0 Å². The molecule has 128 valence electrons. The van der Waals surface area contributed by atoms with Crippen LogP contribution in [0, 0.1) is 0 Å². The predicted octanol–water partition coefficient (Wildman–Crippen LogP) is 3.36. The number of nitrogens with one attached hydrogen (secondary N) is 2. The Morgan fingerprint density at radius 3 is 2.33 bits per heavy atom. The lowest BCUT2D eigenvalue weighted by molar-refractivity contribution is 0.102.